The molecular formula is C24H48O3. The van der Waals surface area contributed by atoms with Gasteiger partial charge in [0.2, 0.25) is 0 Å². The molecule has 0 fully saturated rings. The molecule has 0 heterocycles. The molecule has 2 unspecified atom stereocenters. The lowest BCUT2D eigenvalue weighted by Gasteiger charge is -2.26. The van der Waals surface area contributed by atoms with E-state index in [2.05, 4.69) is 67.2 Å². The average Bonchev–Trinajstić information content (AvgIpc) is 2.51. The molecule has 0 aliphatic rings. The van der Waals surface area contributed by atoms with Gasteiger partial charge in [0.25, 0.3) is 0 Å². The zero-order valence-electron chi connectivity index (χ0n) is 19.8. The second kappa shape index (κ2) is 12.8. The van der Waals surface area contributed by atoms with E-state index in [4.69, 9.17) is 5.11 Å². The van der Waals surface area contributed by atoms with Gasteiger partial charge in [-0.25, -0.2) is 0 Å². The number of aliphatic hydroxyl groups excluding tert-OH is 3. The molecule has 0 amide bonds. The van der Waals surface area contributed by atoms with Crippen LogP contribution >= 0.6 is 0 Å². The van der Waals surface area contributed by atoms with E-state index in [-0.39, 0.29) is 29.5 Å². The van der Waals surface area contributed by atoms with E-state index < -0.39 is 0 Å². The van der Waals surface area contributed by atoms with E-state index in [1.165, 1.54) is 0 Å². The Balaban J connectivity index is 0. The molecule has 3 heteroatoms. The lowest BCUT2D eigenvalue weighted by atomic mass is 9.79. The average molecular weight is 385 g/mol. The molecule has 0 radical (unpaired) electrons. The van der Waals surface area contributed by atoms with Crippen molar-refractivity contribution in [1.29, 1.82) is 0 Å². The van der Waals surface area contributed by atoms with Crippen LogP contribution in [0.2, 0.25) is 0 Å². The summed E-state index contributed by atoms with van der Waals surface area (Å²) in [6.07, 6.45) is 2.85. The van der Waals surface area contributed by atoms with Crippen molar-refractivity contribution in [3.63, 3.8) is 0 Å². The zero-order valence-corrected chi connectivity index (χ0v) is 19.8. The fraction of sp³-hybridized carbons (Fsp3) is 0.917. The lowest BCUT2D eigenvalue weighted by Crippen LogP contribution is -2.25. The van der Waals surface area contributed by atoms with Crippen LogP contribution in [0.1, 0.15) is 88.5 Å². The molecule has 0 rings (SSSR count). The van der Waals surface area contributed by atoms with Gasteiger partial charge in [0.05, 0.1) is 24.0 Å². The Morgan fingerprint density at radius 2 is 0.852 bits per heavy atom. The first-order valence-corrected chi connectivity index (χ1v) is 10.5. The molecule has 3 N–H and O–H groups in total. The van der Waals surface area contributed by atoms with Gasteiger partial charge in [0.1, 0.15) is 0 Å². The number of rotatable bonds is 9. The molecule has 0 aromatic carbocycles. The molecule has 0 aliphatic carbocycles. The number of hydrogen-bond acceptors (Lipinski definition) is 3. The van der Waals surface area contributed by atoms with Crippen LogP contribution in [0.25, 0.3) is 0 Å². The molecule has 3 nitrogen and oxygen atoms in total. The maximum absolute atomic E-state index is 9.52. The minimum atomic E-state index is -0.360. The van der Waals surface area contributed by atoms with E-state index >= 15 is 0 Å². The monoisotopic (exact) mass is 384 g/mol. The molecule has 0 aliphatic heterocycles. The van der Waals surface area contributed by atoms with Crippen molar-refractivity contribution in [3.05, 3.63) is 0 Å². The van der Waals surface area contributed by atoms with Crippen molar-refractivity contribution < 1.29 is 15.3 Å². The highest BCUT2D eigenvalue weighted by Gasteiger charge is 2.26. The summed E-state index contributed by atoms with van der Waals surface area (Å²) in [5.41, 5.74) is -0.600. The lowest BCUT2D eigenvalue weighted by molar-refractivity contribution is 0.136. The summed E-state index contributed by atoms with van der Waals surface area (Å²) >= 11 is 0. The second-order valence-electron chi connectivity index (χ2n) is 10.8. The predicted octanol–water partition coefficient (Wildman–Crippen LogP) is 5.13. The van der Waals surface area contributed by atoms with Crippen molar-refractivity contribution in [3.8, 4) is 11.8 Å². The summed E-state index contributed by atoms with van der Waals surface area (Å²) in [4.78, 5) is 0. The topological polar surface area (TPSA) is 60.7 Å². The summed E-state index contributed by atoms with van der Waals surface area (Å²) in [5, 5.41) is 27.9. The molecule has 0 saturated carbocycles. The number of hydrogen-bond donors (Lipinski definition) is 3. The molecule has 0 bridgehead atoms. The van der Waals surface area contributed by atoms with E-state index in [0.717, 1.165) is 19.3 Å². The minimum Gasteiger partial charge on any atom is -0.396 e. The molecule has 162 valence electrons. The molecule has 27 heavy (non-hydrogen) atoms. The normalized spacial score (nSPS) is 16.3. The molecule has 2 atom stereocenters. The Morgan fingerprint density at radius 1 is 0.556 bits per heavy atom. The van der Waals surface area contributed by atoms with Gasteiger partial charge < -0.3 is 15.3 Å². The third kappa shape index (κ3) is 15.1. The van der Waals surface area contributed by atoms with Crippen LogP contribution in [-0.4, -0.2) is 35.1 Å². The Morgan fingerprint density at radius 3 is 1.00 bits per heavy atom. The Bertz CT molecular complexity index is 414. The smallest absolute Gasteiger partial charge is 0.0594 e. The van der Waals surface area contributed by atoms with E-state index in [0.29, 0.717) is 24.4 Å². The fourth-order valence-corrected chi connectivity index (χ4v) is 3.58. The van der Waals surface area contributed by atoms with Crippen LogP contribution in [0.15, 0.2) is 0 Å². The van der Waals surface area contributed by atoms with Gasteiger partial charge in [-0.3, -0.25) is 0 Å². The van der Waals surface area contributed by atoms with Crippen LogP contribution in [-0.2, 0) is 0 Å². The van der Waals surface area contributed by atoms with Crippen LogP contribution in [0.5, 0.6) is 0 Å². The highest BCUT2D eigenvalue weighted by molar-refractivity contribution is 5.17. The van der Waals surface area contributed by atoms with Crippen LogP contribution in [0, 0.1) is 45.8 Å². The predicted molar refractivity (Wildman–Crippen MR) is 117 cm³/mol. The first-order chi connectivity index (χ1) is 12.1. The summed E-state index contributed by atoms with van der Waals surface area (Å²) < 4.78 is 0. The highest BCUT2D eigenvalue weighted by Crippen LogP contribution is 2.28. The van der Waals surface area contributed by atoms with Gasteiger partial charge in [-0.2, -0.15) is 0 Å². The molecule has 0 spiro atoms. The van der Waals surface area contributed by atoms with Gasteiger partial charge in [0.15, 0.2) is 0 Å². The van der Waals surface area contributed by atoms with Crippen LogP contribution in [0.3, 0.4) is 0 Å². The van der Waals surface area contributed by atoms with Crippen molar-refractivity contribution in [2.24, 2.45) is 34.0 Å². The molecule has 0 aromatic rings. The largest absolute Gasteiger partial charge is 0.396 e. The Kier molecular flexibility index (Phi) is 13.6. The summed E-state index contributed by atoms with van der Waals surface area (Å²) in [7, 11) is 0. The molecule has 0 saturated heterocycles. The second-order valence-corrected chi connectivity index (χ2v) is 10.8. The quantitative estimate of drug-likeness (QED) is 0.483. The van der Waals surface area contributed by atoms with Crippen LogP contribution < -0.4 is 0 Å². The van der Waals surface area contributed by atoms with Crippen molar-refractivity contribution in [2.45, 2.75) is 88.5 Å². The van der Waals surface area contributed by atoms with Gasteiger partial charge in [-0.05, 0) is 56.3 Å². The first kappa shape index (κ1) is 28.6. The van der Waals surface area contributed by atoms with Crippen molar-refractivity contribution >= 4 is 0 Å². The third-order valence-corrected chi connectivity index (χ3v) is 4.47. The summed E-state index contributed by atoms with van der Waals surface area (Å²) in [6, 6.07) is 0. The van der Waals surface area contributed by atoms with Gasteiger partial charge in [-0.15, -0.1) is 0 Å². The summed E-state index contributed by atoms with van der Waals surface area (Å²) in [5.74, 6) is 8.12. The van der Waals surface area contributed by atoms with E-state index in [1.54, 1.807) is 0 Å². The van der Waals surface area contributed by atoms with Gasteiger partial charge in [0, 0.05) is 6.61 Å². The molecular weight excluding hydrogens is 336 g/mol. The maximum atomic E-state index is 9.52. The van der Waals surface area contributed by atoms with Gasteiger partial charge in [-0.1, -0.05) is 67.2 Å². The number of aliphatic hydroxyl groups is 3. The van der Waals surface area contributed by atoms with Crippen molar-refractivity contribution in [1.82, 2.24) is 0 Å². The SMILES string of the molecule is CC(C)CC(C)(C#CC(C)(CO)CC(C)C)CO.CC(C)CC(C)(C)CO. The minimum absolute atomic E-state index is 0.0708. The third-order valence-electron chi connectivity index (χ3n) is 4.47. The fourth-order valence-electron chi connectivity index (χ4n) is 3.58. The van der Waals surface area contributed by atoms with Crippen molar-refractivity contribution in [2.75, 3.05) is 19.8 Å². The zero-order chi connectivity index (χ0) is 21.9. The summed E-state index contributed by atoms with van der Waals surface area (Å²) in [6.45, 7) is 21.5. The van der Waals surface area contributed by atoms with E-state index in [9.17, 15) is 10.2 Å². The maximum Gasteiger partial charge on any atom is 0.0594 e. The molecule has 0 aromatic heterocycles. The first-order valence-electron chi connectivity index (χ1n) is 10.5. The standard InChI is InChI=1S/C16H30O2.C8H18O/c1-13(2)9-15(5,11-17)7-8-16(6,12-18)10-14(3)4;1-7(2)5-8(3,4)6-9/h13-14,17-18H,9-12H2,1-6H3;7,9H,5-6H2,1-4H3. The van der Waals surface area contributed by atoms with E-state index in [1.807, 2.05) is 13.8 Å². The van der Waals surface area contributed by atoms with Crippen LogP contribution in [0.4, 0.5) is 0 Å². The Hall–Kier alpha value is -0.560. The highest BCUT2D eigenvalue weighted by atomic mass is 16.3. The Labute approximate surface area is 170 Å². The van der Waals surface area contributed by atoms with Gasteiger partial charge >= 0.3 is 0 Å².